The summed E-state index contributed by atoms with van der Waals surface area (Å²) in [6.07, 6.45) is -2.07. The first-order valence-corrected chi connectivity index (χ1v) is 15.7. The maximum absolute atomic E-state index is 16.7. The summed E-state index contributed by atoms with van der Waals surface area (Å²) in [4.78, 5) is 14.7. The molecule has 0 aliphatic carbocycles. The Morgan fingerprint density at radius 3 is 2.74 bits per heavy atom. The van der Waals surface area contributed by atoms with Crippen molar-refractivity contribution in [2.45, 2.75) is 75.9 Å². The number of pyridine rings is 1. The van der Waals surface area contributed by atoms with E-state index in [-0.39, 0.29) is 78.8 Å². The van der Waals surface area contributed by atoms with Gasteiger partial charge < -0.3 is 30.7 Å². The number of alkyl halides is 4. The van der Waals surface area contributed by atoms with Gasteiger partial charge in [-0.25, -0.2) is 18.2 Å². The summed E-state index contributed by atoms with van der Waals surface area (Å²) in [7, 11) is 0. The summed E-state index contributed by atoms with van der Waals surface area (Å²) in [5, 5.41) is 6.56. The maximum Gasteiger partial charge on any atom is 0.418 e. The number of fused-ring (bicyclic) bond motifs is 5. The summed E-state index contributed by atoms with van der Waals surface area (Å²) < 4.78 is 103. The van der Waals surface area contributed by atoms with Crippen LogP contribution in [0.15, 0.2) is 6.07 Å². The van der Waals surface area contributed by atoms with Gasteiger partial charge in [0.15, 0.2) is 17.4 Å². The topological polar surface area (TPSA) is 110 Å². The number of nitrogen functional groups attached to an aromatic ring is 1. The molecular weight excluding hydrogens is 616 g/mol. The van der Waals surface area contributed by atoms with Gasteiger partial charge in [-0.3, -0.25) is 0 Å². The van der Waals surface area contributed by atoms with E-state index >= 15 is 8.78 Å². The van der Waals surface area contributed by atoms with Gasteiger partial charge in [-0.2, -0.15) is 23.1 Å². The molecule has 0 radical (unpaired) electrons. The van der Waals surface area contributed by atoms with Crippen molar-refractivity contribution >= 4 is 22.5 Å². The third-order valence-corrected chi connectivity index (χ3v) is 9.56. The fourth-order valence-electron chi connectivity index (χ4n) is 7.54. The lowest BCUT2D eigenvalue weighted by Gasteiger charge is -2.43. The first kappa shape index (κ1) is 31.0. The van der Waals surface area contributed by atoms with Crippen LogP contribution in [-0.4, -0.2) is 72.1 Å². The molecule has 3 aromatic rings. The summed E-state index contributed by atoms with van der Waals surface area (Å²) in [5.74, 6) is -3.49. The number of aromatic nitrogens is 3. The molecule has 0 amide bonds. The highest BCUT2D eigenvalue weighted by atomic mass is 19.4. The molecule has 0 spiro atoms. The number of nitrogens with one attached hydrogen (secondary N) is 2. The number of hydrogen-bond acceptors (Lipinski definition) is 9. The predicted molar refractivity (Wildman–Crippen MR) is 159 cm³/mol. The Bertz CT molecular complexity index is 1660. The van der Waals surface area contributed by atoms with Crippen molar-refractivity contribution in [2.24, 2.45) is 5.92 Å². The molecule has 5 atom stereocenters. The van der Waals surface area contributed by atoms with Gasteiger partial charge in [0, 0.05) is 37.6 Å². The van der Waals surface area contributed by atoms with Crippen LogP contribution in [0.2, 0.25) is 0 Å². The Balaban J connectivity index is 1.42. The highest BCUT2D eigenvalue weighted by Crippen LogP contribution is 2.48. The zero-order valence-corrected chi connectivity index (χ0v) is 25.2. The lowest BCUT2D eigenvalue weighted by Crippen LogP contribution is -2.59. The summed E-state index contributed by atoms with van der Waals surface area (Å²) >= 11 is 0. The molecule has 4 aliphatic heterocycles. The molecule has 9 nitrogen and oxygen atoms in total. The fourth-order valence-corrected chi connectivity index (χ4v) is 7.54. The molecule has 4 N–H and O–H groups in total. The van der Waals surface area contributed by atoms with Gasteiger partial charge in [-0.1, -0.05) is 0 Å². The minimum absolute atomic E-state index is 0.0231. The largest absolute Gasteiger partial charge is 0.490 e. The Morgan fingerprint density at radius 2 is 1.93 bits per heavy atom. The van der Waals surface area contributed by atoms with Crippen LogP contribution in [0.5, 0.6) is 11.8 Å². The van der Waals surface area contributed by atoms with E-state index in [9.17, 15) is 17.6 Å². The number of ether oxygens (including phenoxy) is 2. The van der Waals surface area contributed by atoms with Gasteiger partial charge in [0.05, 0.1) is 35.4 Å². The van der Waals surface area contributed by atoms with E-state index in [2.05, 4.69) is 25.6 Å². The van der Waals surface area contributed by atoms with E-state index in [4.69, 9.17) is 15.2 Å². The molecule has 7 rings (SSSR count). The van der Waals surface area contributed by atoms with Crippen molar-refractivity contribution in [3.8, 4) is 23.0 Å². The van der Waals surface area contributed by atoms with Gasteiger partial charge in [-0.05, 0) is 63.1 Å². The Hall–Kier alpha value is -3.59. The zero-order valence-electron chi connectivity index (χ0n) is 25.2. The van der Waals surface area contributed by atoms with Crippen LogP contribution in [0.1, 0.15) is 49.7 Å². The second kappa shape index (κ2) is 11.9. The SMILES string of the molecule is Cc1cc(N)nc(-c2c(F)c3c4c(nc(OC[C@H]5CCCNC[C@H](F)C5)nc4c2F)N2C[C@@H]4CCC(N4)C2CCO3)c1C(F)(F)F. The Kier molecular flexibility index (Phi) is 8.02. The number of nitrogens with two attached hydrogens (primary N) is 1. The molecule has 2 unspecified atom stereocenters. The first-order chi connectivity index (χ1) is 22.0. The van der Waals surface area contributed by atoms with Gasteiger partial charge in [-0.15, -0.1) is 0 Å². The van der Waals surface area contributed by atoms with E-state index in [1.165, 1.54) is 0 Å². The molecular formula is C31H35F6N7O2. The standard InChI is InChI=1S/C31H35F6N7O2/c1-14-9-20(38)41-26(23(14)31(35,36)37)21-24(33)27-22-28(25(21)34)45-8-6-19-18-5-4-17(40-18)12-44(19)29(22)43-30(42-27)46-13-15-3-2-7-39-11-16(32)10-15/h9,15-19,39-40H,2-8,10-13H2,1H3,(H2,38,41)/t15-,16+,17-,18?,19?/m0/s1. The second-order valence-corrected chi connectivity index (χ2v) is 12.7. The van der Waals surface area contributed by atoms with Crippen molar-refractivity contribution in [1.29, 1.82) is 0 Å². The van der Waals surface area contributed by atoms with Gasteiger partial charge in [0.25, 0.3) is 0 Å². The third kappa shape index (κ3) is 5.54. The number of nitrogens with zero attached hydrogens (tertiary/aromatic N) is 4. The van der Waals surface area contributed by atoms with Gasteiger partial charge in [0.1, 0.15) is 23.3 Å². The van der Waals surface area contributed by atoms with Crippen molar-refractivity contribution in [1.82, 2.24) is 25.6 Å². The van der Waals surface area contributed by atoms with E-state index in [0.717, 1.165) is 32.3 Å². The van der Waals surface area contributed by atoms with Crippen LogP contribution < -0.4 is 30.7 Å². The Labute approximate surface area is 261 Å². The highest BCUT2D eigenvalue weighted by Gasteiger charge is 2.44. The van der Waals surface area contributed by atoms with Crippen molar-refractivity contribution in [3.05, 3.63) is 28.8 Å². The molecule has 1 aromatic carbocycles. The number of aryl methyl sites for hydroxylation is 1. The summed E-state index contributed by atoms with van der Waals surface area (Å²) in [6, 6.07) is 0.846. The zero-order chi connectivity index (χ0) is 32.3. The summed E-state index contributed by atoms with van der Waals surface area (Å²) in [6.45, 7) is 2.61. The minimum Gasteiger partial charge on any atom is -0.490 e. The van der Waals surface area contributed by atoms with Gasteiger partial charge >= 0.3 is 12.2 Å². The maximum atomic E-state index is 16.7. The average molecular weight is 652 g/mol. The average Bonchev–Trinajstić information content (AvgIpc) is 3.36. The van der Waals surface area contributed by atoms with Crippen LogP contribution in [0.4, 0.5) is 38.0 Å². The van der Waals surface area contributed by atoms with Crippen LogP contribution in [0.3, 0.4) is 0 Å². The van der Waals surface area contributed by atoms with Crippen molar-refractivity contribution < 1.29 is 35.8 Å². The van der Waals surface area contributed by atoms with Crippen LogP contribution in [-0.2, 0) is 6.18 Å². The number of halogens is 6. The fraction of sp³-hybridized carbons (Fsp3) is 0.581. The van der Waals surface area contributed by atoms with E-state index in [1.807, 2.05) is 4.90 Å². The lowest BCUT2D eigenvalue weighted by atomic mass is 9.96. The summed E-state index contributed by atoms with van der Waals surface area (Å²) in [5.41, 5.74) is 1.63. The molecule has 4 aliphatic rings. The molecule has 3 fully saturated rings. The van der Waals surface area contributed by atoms with E-state index in [1.54, 1.807) is 0 Å². The number of piperazine rings is 1. The number of hydrogen-bond donors (Lipinski definition) is 3. The molecule has 2 bridgehead atoms. The van der Waals surface area contributed by atoms with E-state index in [0.29, 0.717) is 25.9 Å². The Morgan fingerprint density at radius 1 is 1.11 bits per heavy atom. The van der Waals surface area contributed by atoms with Crippen LogP contribution in [0.25, 0.3) is 22.2 Å². The van der Waals surface area contributed by atoms with Gasteiger partial charge in [0.2, 0.25) is 0 Å². The quantitative estimate of drug-likeness (QED) is 0.333. The molecule has 3 saturated heterocycles. The first-order valence-electron chi connectivity index (χ1n) is 15.7. The monoisotopic (exact) mass is 651 g/mol. The molecule has 248 valence electrons. The number of anilines is 2. The number of rotatable bonds is 4. The lowest BCUT2D eigenvalue weighted by molar-refractivity contribution is -0.137. The highest BCUT2D eigenvalue weighted by molar-refractivity contribution is 5.99. The molecule has 0 saturated carbocycles. The third-order valence-electron chi connectivity index (χ3n) is 9.56. The van der Waals surface area contributed by atoms with Crippen molar-refractivity contribution in [2.75, 3.05) is 43.5 Å². The second-order valence-electron chi connectivity index (χ2n) is 12.7. The molecule has 46 heavy (non-hydrogen) atoms. The minimum atomic E-state index is -5.00. The normalized spacial score (nSPS) is 26.5. The van der Waals surface area contributed by atoms with Crippen LogP contribution in [0, 0.1) is 24.5 Å². The van der Waals surface area contributed by atoms with E-state index < -0.39 is 52.1 Å². The van der Waals surface area contributed by atoms with Crippen LogP contribution >= 0.6 is 0 Å². The predicted octanol–water partition coefficient (Wildman–Crippen LogP) is 5.08. The number of benzene rings is 1. The molecule has 2 aromatic heterocycles. The smallest absolute Gasteiger partial charge is 0.418 e. The molecule has 15 heteroatoms. The molecule has 6 heterocycles. The van der Waals surface area contributed by atoms with Crippen molar-refractivity contribution in [3.63, 3.8) is 0 Å².